The van der Waals surface area contributed by atoms with Gasteiger partial charge >= 0.3 is 0 Å². The predicted octanol–water partition coefficient (Wildman–Crippen LogP) is 2.45. The maximum Gasteiger partial charge on any atom is 0.256 e. The van der Waals surface area contributed by atoms with E-state index in [1.54, 1.807) is 6.20 Å². The number of nitrogens with two attached hydrogens (primary N) is 1. The third kappa shape index (κ3) is 2.77. The summed E-state index contributed by atoms with van der Waals surface area (Å²) in [6.07, 6.45) is 5.33. The minimum atomic E-state index is -0.188. The van der Waals surface area contributed by atoms with E-state index >= 15 is 0 Å². The quantitative estimate of drug-likeness (QED) is 0.669. The molecule has 0 aliphatic heterocycles. The monoisotopic (exact) mass is 297 g/mol. The molecule has 1 fully saturated rings. The van der Waals surface area contributed by atoms with Crippen LogP contribution in [0.2, 0.25) is 0 Å². The van der Waals surface area contributed by atoms with Crippen molar-refractivity contribution in [1.29, 1.82) is 0 Å². The molecule has 0 atom stereocenters. The van der Waals surface area contributed by atoms with Gasteiger partial charge in [0.2, 0.25) is 5.95 Å². The van der Waals surface area contributed by atoms with Crippen molar-refractivity contribution in [3.63, 3.8) is 0 Å². The maximum absolute atomic E-state index is 12.3. The highest BCUT2D eigenvalue weighted by Gasteiger charge is 2.25. The van der Waals surface area contributed by atoms with Crippen LogP contribution in [-0.4, -0.2) is 21.3 Å². The van der Waals surface area contributed by atoms with E-state index in [0.29, 0.717) is 17.2 Å². The number of rotatable bonds is 4. The number of hydrogen-bond acceptors (Lipinski definition) is 4. The van der Waals surface area contributed by atoms with Gasteiger partial charge in [0.05, 0.1) is 12.0 Å². The largest absolute Gasteiger partial charge is 0.390 e. The van der Waals surface area contributed by atoms with Gasteiger partial charge in [0, 0.05) is 28.9 Å². The molecule has 0 saturated heterocycles. The molecule has 1 aliphatic rings. The van der Waals surface area contributed by atoms with Crippen LogP contribution >= 0.6 is 0 Å². The van der Waals surface area contributed by atoms with E-state index in [1.807, 2.05) is 26.0 Å². The number of H-pyrrole nitrogens is 1. The normalized spacial score (nSPS) is 14.9. The summed E-state index contributed by atoms with van der Waals surface area (Å²) in [5.41, 5.74) is 8.30. The Morgan fingerprint density at radius 1 is 1.41 bits per heavy atom. The minimum Gasteiger partial charge on any atom is -0.390 e. The highest BCUT2D eigenvalue weighted by Crippen LogP contribution is 2.39. The molecule has 0 aromatic carbocycles. The predicted molar refractivity (Wildman–Crippen MR) is 86.5 cm³/mol. The standard InChI is InChI=1S/C16H19N5O/c1-9(2)13-14(20-16(19-8-17)21-15(13)22)11-5-6-12(18-7-11)10-3-4-10/h5-10H,3-4H2,1-2H3,(H3,17,19,20,21,22). The van der Waals surface area contributed by atoms with Crippen molar-refractivity contribution in [3.05, 3.63) is 39.9 Å². The third-order valence-corrected chi connectivity index (χ3v) is 3.77. The Balaban J connectivity index is 2.11. The zero-order valence-corrected chi connectivity index (χ0v) is 12.7. The molecule has 1 aliphatic carbocycles. The summed E-state index contributed by atoms with van der Waals surface area (Å²) >= 11 is 0. The lowest BCUT2D eigenvalue weighted by Gasteiger charge is -2.11. The Bertz CT molecular complexity index is 757. The van der Waals surface area contributed by atoms with Gasteiger partial charge in [0.15, 0.2) is 0 Å². The minimum absolute atomic E-state index is 0.0465. The van der Waals surface area contributed by atoms with Gasteiger partial charge in [-0.3, -0.25) is 14.8 Å². The summed E-state index contributed by atoms with van der Waals surface area (Å²) in [5, 5.41) is 0. The van der Waals surface area contributed by atoms with Gasteiger partial charge in [0.25, 0.3) is 5.56 Å². The highest BCUT2D eigenvalue weighted by molar-refractivity contribution is 5.64. The van der Waals surface area contributed by atoms with Gasteiger partial charge in [-0.2, -0.15) is 0 Å². The number of pyridine rings is 1. The van der Waals surface area contributed by atoms with E-state index in [1.165, 1.54) is 12.8 Å². The van der Waals surface area contributed by atoms with Crippen LogP contribution in [0.5, 0.6) is 0 Å². The molecule has 2 heterocycles. The molecule has 0 radical (unpaired) electrons. The molecule has 0 bridgehead atoms. The van der Waals surface area contributed by atoms with Gasteiger partial charge in [-0.1, -0.05) is 13.8 Å². The second-order valence-corrected chi connectivity index (χ2v) is 5.83. The Labute approximate surface area is 128 Å². The molecule has 114 valence electrons. The van der Waals surface area contributed by atoms with Crippen molar-refractivity contribution in [3.8, 4) is 11.3 Å². The molecule has 22 heavy (non-hydrogen) atoms. The first-order chi connectivity index (χ1) is 10.6. The summed E-state index contributed by atoms with van der Waals surface area (Å²) < 4.78 is 0. The fraction of sp³-hybridized carbons (Fsp3) is 0.375. The summed E-state index contributed by atoms with van der Waals surface area (Å²) in [7, 11) is 0. The van der Waals surface area contributed by atoms with Crippen LogP contribution in [0, 0.1) is 0 Å². The third-order valence-electron chi connectivity index (χ3n) is 3.77. The average Bonchev–Trinajstić information content (AvgIpc) is 3.31. The molecule has 0 spiro atoms. The molecule has 2 aromatic rings. The lowest BCUT2D eigenvalue weighted by atomic mass is 9.99. The molecular formula is C16H19N5O. The van der Waals surface area contributed by atoms with Gasteiger partial charge < -0.3 is 5.73 Å². The van der Waals surface area contributed by atoms with Gasteiger partial charge in [-0.15, -0.1) is 0 Å². The molecule has 3 rings (SSSR count). The van der Waals surface area contributed by atoms with Gasteiger partial charge in [0.1, 0.15) is 0 Å². The van der Waals surface area contributed by atoms with E-state index in [9.17, 15) is 4.79 Å². The molecule has 0 amide bonds. The Morgan fingerprint density at radius 2 is 2.18 bits per heavy atom. The smallest absolute Gasteiger partial charge is 0.256 e. The highest BCUT2D eigenvalue weighted by atomic mass is 16.1. The fourth-order valence-electron chi connectivity index (χ4n) is 2.52. The first-order valence-corrected chi connectivity index (χ1v) is 7.45. The molecular weight excluding hydrogens is 278 g/mol. The zero-order chi connectivity index (χ0) is 15.7. The molecule has 2 aromatic heterocycles. The fourth-order valence-corrected chi connectivity index (χ4v) is 2.52. The van der Waals surface area contributed by atoms with Crippen LogP contribution in [0.25, 0.3) is 11.3 Å². The first kappa shape index (κ1) is 14.4. The molecule has 6 heteroatoms. The van der Waals surface area contributed by atoms with Crippen molar-refractivity contribution in [2.45, 2.75) is 38.5 Å². The lowest BCUT2D eigenvalue weighted by Crippen LogP contribution is -2.17. The second kappa shape index (κ2) is 5.71. The van der Waals surface area contributed by atoms with E-state index in [4.69, 9.17) is 5.73 Å². The van der Waals surface area contributed by atoms with Crippen molar-refractivity contribution in [2.75, 3.05) is 0 Å². The molecule has 3 N–H and O–H groups in total. The van der Waals surface area contributed by atoms with Crippen molar-refractivity contribution in [1.82, 2.24) is 15.0 Å². The van der Waals surface area contributed by atoms with Crippen LogP contribution in [-0.2, 0) is 0 Å². The van der Waals surface area contributed by atoms with Crippen LogP contribution in [0.1, 0.15) is 49.8 Å². The molecule has 0 unspecified atom stereocenters. The van der Waals surface area contributed by atoms with Crippen LogP contribution in [0.15, 0.2) is 28.1 Å². The number of nitrogens with one attached hydrogen (secondary N) is 1. The van der Waals surface area contributed by atoms with Gasteiger partial charge in [-0.25, -0.2) is 9.98 Å². The maximum atomic E-state index is 12.3. The Hall–Kier alpha value is -2.50. The van der Waals surface area contributed by atoms with Crippen molar-refractivity contribution in [2.24, 2.45) is 10.7 Å². The number of aromatic amines is 1. The van der Waals surface area contributed by atoms with Crippen molar-refractivity contribution < 1.29 is 0 Å². The summed E-state index contributed by atoms with van der Waals surface area (Å²) in [6, 6.07) is 4.00. The molecule has 6 nitrogen and oxygen atoms in total. The average molecular weight is 297 g/mol. The van der Waals surface area contributed by atoms with Crippen LogP contribution in [0.3, 0.4) is 0 Å². The van der Waals surface area contributed by atoms with Crippen LogP contribution in [0.4, 0.5) is 5.95 Å². The van der Waals surface area contributed by atoms with E-state index in [-0.39, 0.29) is 17.4 Å². The SMILES string of the molecule is CC(C)c1c(-c2ccc(C3CC3)nc2)nc(N=CN)[nH]c1=O. The Kier molecular flexibility index (Phi) is 3.75. The van der Waals surface area contributed by atoms with E-state index in [2.05, 4.69) is 19.9 Å². The van der Waals surface area contributed by atoms with Gasteiger partial charge in [-0.05, 0) is 30.9 Å². The number of aromatic nitrogens is 3. The lowest BCUT2D eigenvalue weighted by molar-refractivity contribution is 0.833. The first-order valence-electron chi connectivity index (χ1n) is 7.45. The van der Waals surface area contributed by atoms with E-state index < -0.39 is 0 Å². The second-order valence-electron chi connectivity index (χ2n) is 5.83. The van der Waals surface area contributed by atoms with Crippen molar-refractivity contribution >= 4 is 12.3 Å². The Morgan fingerprint density at radius 3 is 2.73 bits per heavy atom. The summed E-state index contributed by atoms with van der Waals surface area (Å²) in [6.45, 7) is 3.93. The van der Waals surface area contributed by atoms with Crippen LogP contribution < -0.4 is 11.3 Å². The molecule has 1 saturated carbocycles. The number of hydrogen-bond donors (Lipinski definition) is 2. The topological polar surface area (TPSA) is 97.0 Å². The summed E-state index contributed by atoms with van der Waals surface area (Å²) in [4.78, 5) is 27.8. The zero-order valence-electron chi connectivity index (χ0n) is 12.7. The number of aliphatic imine (C=N–C) groups is 1. The number of nitrogens with zero attached hydrogens (tertiary/aromatic N) is 3. The van der Waals surface area contributed by atoms with E-state index in [0.717, 1.165) is 17.6 Å². The summed E-state index contributed by atoms with van der Waals surface area (Å²) in [5.74, 6) is 0.853.